The molecule has 1 unspecified atom stereocenters. The Morgan fingerprint density at radius 2 is 1.22 bits per heavy atom. The number of hydrogen-bond donors (Lipinski definition) is 1. The van der Waals surface area contributed by atoms with Crippen LogP contribution in [0.3, 0.4) is 0 Å². The number of anilines is 1. The van der Waals surface area contributed by atoms with Crippen molar-refractivity contribution in [1.82, 2.24) is 0 Å². The van der Waals surface area contributed by atoms with Crippen LogP contribution >= 0.6 is 15.9 Å². The number of hydrogen-bond acceptors (Lipinski definition) is 1. The Morgan fingerprint density at radius 3 is 2.00 bits per heavy atom. The van der Waals surface area contributed by atoms with Crippen LogP contribution < -0.4 is 5.73 Å². The SMILES string of the molecule is Nc1ccc(C2(c3ccccc3)c3ccccc3-c3ccc(Br)cc32)cc1. The molecular weight excluding hydrogens is 394 g/mol. The largest absolute Gasteiger partial charge is 0.399 e. The zero-order chi connectivity index (χ0) is 18.4. The molecule has 0 bridgehead atoms. The van der Waals surface area contributed by atoms with Gasteiger partial charge >= 0.3 is 0 Å². The van der Waals surface area contributed by atoms with Crippen molar-refractivity contribution < 1.29 is 0 Å². The van der Waals surface area contributed by atoms with Crippen LogP contribution in [0.25, 0.3) is 11.1 Å². The fourth-order valence-electron chi connectivity index (χ4n) is 4.46. The first-order valence-corrected chi connectivity index (χ1v) is 9.82. The van der Waals surface area contributed by atoms with Crippen LogP contribution in [0.2, 0.25) is 0 Å². The van der Waals surface area contributed by atoms with E-state index in [-0.39, 0.29) is 5.41 Å². The van der Waals surface area contributed by atoms with Gasteiger partial charge < -0.3 is 5.73 Å². The third-order valence-electron chi connectivity index (χ3n) is 5.56. The zero-order valence-electron chi connectivity index (χ0n) is 14.7. The number of fused-ring (bicyclic) bond motifs is 3. The zero-order valence-corrected chi connectivity index (χ0v) is 16.3. The average molecular weight is 412 g/mol. The molecule has 27 heavy (non-hydrogen) atoms. The van der Waals surface area contributed by atoms with Crippen molar-refractivity contribution in [2.75, 3.05) is 5.73 Å². The van der Waals surface area contributed by atoms with E-state index < -0.39 is 0 Å². The van der Waals surface area contributed by atoms with Gasteiger partial charge in [-0.1, -0.05) is 88.7 Å². The van der Waals surface area contributed by atoms with Crippen molar-refractivity contribution in [1.29, 1.82) is 0 Å². The van der Waals surface area contributed by atoms with Gasteiger partial charge in [0, 0.05) is 10.2 Å². The Hall–Kier alpha value is -2.84. The van der Waals surface area contributed by atoms with Gasteiger partial charge in [0.2, 0.25) is 0 Å². The van der Waals surface area contributed by atoms with Crippen molar-refractivity contribution in [3.05, 3.63) is 124 Å². The summed E-state index contributed by atoms with van der Waals surface area (Å²) in [5.74, 6) is 0. The van der Waals surface area contributed by atoms with Gasteiger partial charge in [-0.15, -0.1) is 0 Å². The number of rotatable bonds is 2. The van der Waals surface area contributed by atoms with Gasteiger partial charge in [0.15, 0.2) is 0 Å². The number of halogens is 1. The molecule has 0 aromatic heterocycles. The lowest BCUT2D eigenvalue weighted by Gasteiger charge is -2.34. The first-order valence-electron chi connectivity index (χ1n) is 9.03. The predicted molar refractivity (Wildman–Crippen MR) is 116 cm³/mol. The second-order valence-electron chi connectivity index (χ2n) is 6.97. The highest BCUT2D eigenvalue weighted by Gasteiger charge is 2.45. The Morgan fingerprint density at radius 1 is 0.593 bits per heavy atom. The Balaban J connectivity index is 1.97. The van der Waals surface area contributed by atoms with Crippen LogP contribution in [0.4, 0.5) is 5.69 Å². The van der Waals surface area contributed by atoms with Crippen LogP contribution in [0.5, 0.6) is 0 Å². The molecule has 0 aliphatic heterocycles. The van der Waals surface area contributed by atoms with E-state index in [4.69, 9.17) is 5.73 Å². The van der Waals surface area contributed by atoms with E-state index in [0.29, 0.717) is 0 Å². The van der Waals surface area contributed by atoms with E-state index in [2.05, 4.69) is 101 Å². The molecule has 130 valence electrons. The highest BCUT2D eigenvalue weighted by atomic mass is 79.9. The van der Waals surface area contributed by atoms with Crippen LogP contribution in [0.15, 0.2) is 102 Å². The molecule has 1 nitrogen and oxygen atoms in total. The lowest BCUT2D eigenvalue weighted by atomic mass is 9.68. The van der Waals surface area contributed by atoms with E-state index in [1.54, 1.807) is 0 Å². The maximum absolute atomic E-state index is 6.01. The average Bonchev–Trinajstić information content (AvgIpc) is 3.00. The van der Waals surface area contributed by atoms with Gasteiger partial charge in [-0.2, -0.15) is 0 Å². The monoisotopic (exact) mass is 411 g/mol. The summed E-state index contributed by atoms with van der Waals surface area (Å²) in [7, 11) is 0. The molecule has 1 aliphatic carbocycles. The minimum atomic E-state index is -0.356. The lowest BCUT2D eigenvalue weighted by Crippen LogP contribution is -2.28. The van der Waals surface area contributed by atoms with Gasteiger partial charge in [-0.3, -0.25) is 0 Å². The van der Waals surface area contributed by atoms with Gasteiger partial charge in [-0.25, -0.2) is 0 Å². The Bertz CT molecular complexity index is 1130. The summed E-state index contributed by atoms with van der Waals surface area (Å²) in [5.41, 5.74) is 14.1. The molecule has 2 N–H and O–H groups in total. The molecule has 1 atom stereocenters. The summed E-state index contributed by atoms with van der Waals surface area (Å²) in [4.78, 5) is 0. The normalized spacial score (nSPS) is 17.4. The van der Waals surface area contributed by atoms with E-state index in [1.165, 1.54) is 33.4 Å². The van der Waals surface area contributed by atoms with Crippen molar-refractivity contribution in [2.24, 2.45) is 0 Å². The maximum Gasteiger partial charge on any atom is 0.0713 e. The molecule has 4 aromatic carbocycles. The molecule has 1 aliphatic rings. The molecule has 0 amide bonds. The molecule has 0 fully saturated rings. The highest BCUT2D eigenvalue weighted by Crippen LogP contribution is 2.56. The number of benzene rings is 4. The van der Waals surface area contributed by atoms with Gasteiger partial charge in [0.05, 0.1) is 5.41 Å². The van der Waals surface area contributed by atoms with Crippen molar-refractivity contribution >= 4 is 21.6 Å². The summed E-state index contributed by atoms with van der Waals surface area (Å²) in [5, 5.41) is 0. The molecule has 4 aromatic rings. The van der Waals surface area contributed by atoms with Gasteiger partial charge in [0.1, 0.15) is 0 Å². The van der Waals surface area contributed by atoms with Crippen LogP contribution in [0, 0.1) is 0 Å². The molecular formula is C25H18BrN. The summed E-state index contributed by atoms with van der Waals surface area (Å²) >= 11 is 3.70. The van der Waals surface area contributed by atoms with E-state index in [9.17, 15) is 0 Å². The summed E-state index contributed by atoms with van der Waals surface area (Å²) < 4.78 is 1.09. The van der Waals surface area contributed by atoms with Gasteiger partial charge in [-0.05, 0) is 57.6 Å². The second kappa shape index (κ2) is 6.11. The third kappa shape index (κ3) is 2.30. The third-order valence-corrected chi connectivity index (χ3v) is 6.05. The van der Waals surface area contributed by atoms with Crippen LogP contribution in [0.1, 0.15) is 22.3 Å². The Kier molecular flexibility index (Phi) is 3.70. The second-order valence-corrected chi connectivity index (χ2v) is 7.89. The van der Waals surface area contributed by atoms with Gasteiger partial charge in [0.25, 0.3) is 0 Å². The fourth-order valence-corrected chi connectivity index (χ4v) is 4.82. The summed E-state index contributed by atoms with van der Waals surface area (Å²) in [6.45, 7) is 0. The van der Waals surface area contributed by atoms with Crippen LogP contribution in [-0.2, 0) is 5.41 Å². The minimum Gasteiger partial charge on any atom is -0.399 e. The quantitative estimate of drug-likeness (QED) is 0.334. The van der Waals surface area contributed by atoms with E-state index >= 15 is 0 Å². The molecule has 0 saturated heterocycles. The van der Waals surface area contributed by atoms with Crippen LogP contribution in [-0.4, -0.2) is 0 Å². The van der Waals surface area contributed by atoms with Crippen molar-refractivity contribution in [3.63, 3.8) is 0 Å². The molecule has 0 heterocycles. The number of nitrogen functional groups attached to an aromatic ring is 1. The molecule has 0 saturated carbocycles. The molecule has 5 rings (SSSR count). The predicted octanol–water partition coefficient (Wildman–Crippen LogP) is 6.39. The first-order chi connectivity index (χ1) is 13.2. The smallest absolute Gasteiger partial charge is 0.0713 e. The Labute approximate surface area is 167 Å². The van der Waals surface area contributed by atoms with E-state index in [1.807, 2.05) is 12.1 Å². The summed E-state index contributed by atoms with van der Waals surface area (Å²) in [6.07, 6.45) is 0. The highest BCUT2D eigenvalue weighted by molar-refractivity contribution is 9.10. The van der Waals surface area contributed by atoms with Crippen molar-refractivity contribution in [3.8, 4) is 11.1 Å². The first kappa shape index (κ1) is 16.3. The standard InChI is InChI=1S/C25H18BrN/c26-19-12-15-22-21-8-4-5-9-23(21)25(24(22)16-19,17-6-2-1-3-7-17)18-10-13-20(27)14-11-18/h1-16H,27H2. The topological polar surface area (TPSA) is 26.0 Å². The van der Waals surface area contributed by atoms with Crippen molar-refractivity contribution in [2.45, 2.75) is 5.41 Å². The number of nitrogens with two attached hydrogens (primary N) is 1. The summed E-state index contributed by atoms with van der Waals surface area (Å²) in [6, 6.07) is 34.4. The molecule has 0 spiro atoms. The van der Waals surface area contributed by atoms with E-state index in [0.717, 1.165) is 10.2 Å². The minimum absolute atomic E-state index is 0.356. The molecule has 2 heteroatoms. The fraction of sp³-hybridized carbons (Fsp3) is 0.0400. The maximum atomic E-state index is 6.01. The lowest BCUT2D eigenvalue weighted by molar-refractivity contribution is 0.768. The molecule has 0 radical (unpaired) electrons.